The third-order valence-corrected chi connectivity index (χ3v) is 3.56. The van der Waals surface area contributed by atoms with Gasteiger partial charge in [-0.25, -0.2) is 9.97 Å². The van der Waals surface area contributed by atoms with Crippen LogP contribution in [-0.4, -0.2) is 18.7 Å². The first-order valence-corrected chi connectivity index (χ1v) is 6.60. The van der Waals surface area contributed by atoms with Crippen molar-refractivity contribution >= 4 is 39.3 Å². The summed E-state index contributed by atoms with van der Waals surface area (Å²) in [6, 6.07) is 13.7. The van der Waals surface area contributed by atoms with Crippen LogP contribution >= 0.6 is 11.5 Å². The van der Waals surface area contributed by atoms with Gasteiger partial charge in [-0.3, -0.25) is 4.40 Å². The highest BCUT2D eigenvalue weighted by molar-refractivity contribution is 7.11. The molecule has 4 rings (SSSR count). The minimum Gasteiger partial charge on any atom is -0.309 e. The SMILES string of the molecule is c1ccc(Nc2nsc3nc4ccccc4n23)nc1. The molecule has 0 fully saturated rings. The first kappa shape index (κ1) is 10.5. The van der Waals surface area contributed by atoms with E-state index in [0.29, 0.717) is 0 Å². The van der Waals surface area contributed by atoms with Crippen molar-refractivity contribution in [1.82, 2.24) is 18.7 Å². The molecule has 3 aromatic heterocycles. The Balaban J connectivity index is 1.90. The molecular formula is C13H9N5S. The summed E-state index contributed by atoms with van der Waals surface area (Å²) in [6.07, 6.45) is 1.75. The zero-order chi connectivity index (χ0) is 12.7. The minimum absolute atomic E-state index is 0.743. The number of hydrogen-bond donors (Lipinski definition) is 1. The van der Waals surface area contributed by atoms with Crippen LogP contribution in [0.1, 0.15) is 0 Å². The summed E-state index contributed by atoms with van der Waals surface area (Å²) in [6.45, 7) is 0. The van der Waals surface area contributed by atoms with E-state index < -0.39 is 0 Å². The standard InChI is InChI=1S/C13H9N5S/c1-2-6-10-9(5-1)15-13-18(10)12(17-19-13)16-11-7-3-4-8-14-11/h1-8H,(H,14,16,17). The fraction of sp³-hybridized carbons (Fsp3) is 0. The molecule has 0 radical (unpaired) electrons. The predicted octanol–water partition coefficient (Wildman–Crippen LogP) is 3.08. The lowest BCUT2D eigenvalue weighted by atomic mass is 10.3. The number of para-hydroxylation sites is 2. The van der Waals surface area contributed by atoms with Gasteiger partial charge in [-0.05, 0) is 24.3 Å². The fourth-order valence-electron chi connectivity index (χ4n) is 2.02. The van der Waals surface area contributed by atoms with E-state index in [9.17, 15) is 0 Å². The van der Waals surface area contributed by atoms with Crippen LogP contribution in [0.3, 0.4) is 0 Å². The molecule has 0 amide bonds. The quantitative estimate of drug-likeness (QED) is 0.606. The van der Waals surface area contributed by atoms with Crippen LogP contribution in [0.5, 0.6) is 0 Å². The van der Waals surface area contributed by atoms with Crippen LogP contribution in [0.4, 0.5) is 11.8 Å². The molecule has 0 saturated heterocycles. The molecule has 0 aliphatic carbocycles. The third kappa shape index (κ3) is 1.65. The number of nitrogens with zero attached hydrogens (tertiary/aromatic N) is 4. The second kappa shape index (κ2) is 4.03. The Bertz CT molecular complexity index is 849. The lowest BCUT2D eigenvalue weighted by Gasteiger charge is -2.02. The molecule has 1 N–H and O–H groups in total. The van der Waals surface area contributed by atoms with Gasteiger partial charge in [-0.1, -0.05) is 18.2 Å². The van der Waals surface area contributed by atoms with E-state index in [1.165, 1.54) is 11.5 Å². The van der Waals surface area contributed by atoms with Crippen LogP contribution in [0.15, 0.2) is 48.7 Å². The van der Waals surface area contributed by atoms with Gasteiger partial charge >= 0.3 is 0 Å². The lowest BCUT2D eigenvalue weighted by Crippen LogP contribution is -1.97. The maximum atomic E-state index is 4.54. The van der Waals surface area contributed by atoms with Crippen LogP contribution in [0.25, 0.3) is 16.0 Å². The second-order valence-electron chi connectivity index (χ2n) is 4.06. The molecule has 4 aromatic rings. The Morgan fingerprint density at radius 2 is 1.95 bits per heavy atom. The zero-order valence-electron chi connectivity index (χ0n) is 9.82. The number of anilines is 2. The zero-order valence-corrected chi connectivity index (χ0v) is 10.6. The molecule has 0 bridgehead atoms. The van der Waals surface area contributed by atoms with E-state index >= 15 is 0 Å². The number of pyridine rings is 1. The Hall–Kier alpha value is -2.47. The summed E-state index contributed by atoms with van der Waals surface area (Å²) in [5.74, 6) is 1.51. The number of aromatic nitrogens is 4. The highest BCUT2D eigenvalue weighted by atomic mass is 32.1. The summed E-state index contributed by atoms with van der Waals surface area (Å²) >= 11 is 1.37. The average Bonchev–Trinajstić information content (AvgIpc) is 3.00. The Kier molecular flexibility index (Phi) is 2.22. The smallest absolute Gasteiger partial charge is 0.226 e. The molecule has 0 unspecified atom stereocenters. The van der Waals surface area contributed by atoms with Crippen molar-refractivity contribution in [3.63, 3.8) is 0 Å². The maximum Gasteiger partial charge on any atom is 0.226 e. The van der Waals surface area contributed by atoms with Gasteiger partial charge in [-0.2, -0.15) is 4.37 Å². The number of fused-ring (bicyclic) bond motifs is 3. The largest absolute Gasteiger partial charge is 0.309 e. The number of benzene rings is 1. The van der Waals surface area contributed by atoms with Gasteiger partial charge in [0.25, 0.3) is 0 Å². The van der Waals surface area contributed by atoms with E-state index in [0.717, 1.165) is 27.8 Å². The molecule has 92 valence electrons. The van der Waals surface area contributed by atoms with Gasteiger partial charge < -0.3 is 5.32 Å². The number of imidazole rings is 1. The van der Waals surface area contributed by atoms with Gasteiger partial charge in [0.1, 0.15) is 5.82 Å². The topological polar surface area (TPSA) is 55.1 Å². The summed E-state index contributed by atoms with van der Waals surface area (Å²) in [4.78, 5) is 9.66. The minimum atomic E-state index is 0.743. The molecule has 19 heavy (non-hydrogen) atoms. The molecule has 5 nitrogen and oxygen atoms in total. The van der Waals surface area contributed by atoms with E-state index in [-0.39, 0.29) is 0 Å². The van der Waals surface area contributed by atoms with E-state index in [4.69, 9.17) is 0 Å². The van der Waals surface area contributed by atoms with E-state index in [2.05, 4.69) is 19.7 Å². The monoisotopic (exact) mass is 267 g/mol. The van der Waals surface area contributed by atoms with Gasteiger partial charge in [0.2, 0.25) is 10.9 Å². The highest BCUT2D eigenvalue weighted by Gasteiger charge is 2.11. The number of rotatable bonds is 2. The Morgan fingerprint density at radius 1 is 1.05 bits per heavy atom. The molecule has 0 saturated carbocycles. The highest BCUT2D eigenvalue weighted by Crippen LogP contribution is 2.24. The van der Waals surface area contributed by atoms with Gasteiger partial charge in [0.15, 0.2) is 0 Å². The first-order chi connectivity index (χ1) is 9.42. The first-order valence-electron chi connectivity index (χ1n) is 5.83. The van der Waals surface area contributed by atoms with Gasteiger partial charge in [0.05, 0.1) is 11.0 Å². The number of nitrogens with one attached hydrogen (secondary N) is 1. The summed E-state index contributed by atoms with van der Waals surface area (Å²) in [5, 5.41) is 3.22. The van der Waals surface area contributed by atoms with Crippen molar-refractivity contribution in [2.24, 2.45) is 0 Å². The normalized spacial score (nSPS) is 11.2. The summed E-state index contributed by atoms with van der Waals surface area (Å²) < 4.78 is 6.40. The molecule has 3 heterocycles. The molecule has 0 atom stereocenters. The van der Waals surface area contributed by atoms with Crippen molar-refractivity contribution in [3.8, 4) is 0 Å². The van der Waals surface area contributed by atoms with Crippen molar-refractivity contribution in [2.75, 3.05) is 5.32 Å². The van der Waals surface area contributed by atoms with Crippen molar-refractivity contribution < 1.29 is 0 Å². The van der Waals surface area contributed by atoms with Crippen molar-refractivity contribution in [2.45, 2.75) is 0 Å². The predicted molar refractivity (Wildman–Crippen MR) is 75.9 cm³/mol. The Labute approximate surface area is 112 Å². The maximum absolute atomic E-state index is 4.54. The third-order valence-electron chi connectivity index (χ3n) is 2.86. The van der Waals surface area contributed by atoms with Crippen LogP contribution < -0.4 is 5.32 Å². The fourth-order valence-corrected chi connectivity index (χ4v) is 2.73. The number of hydrogen-bond acceptors (Lipinski definition) is 5. The molecule has 6 heteroatoms. The molecule has 0 aliphatic rings. The van der Waals surface area contributed by atoms with Crippen LogP contribution in [0.2, 0.25) is 0 Å². The molecule has 1 aromatic carbocycles. The second-order valence-corrected chi connectivity index (χ2v) is 4.79. The van der Waals surface area contributed by atoms with E-state index in [1.807, 2.05) is 46.9 Å². The van der Waals surface area contributed by atoms with E-state index in [1.54, 1.807) is 6.20 Å². The molecule has 0 spiro atoms. The van der Waals surface area contributed by atoms with Gasteiger partial charge in [-0.15, -0.1) is 0 Å². The van der Waals surface area contributed by atoms with Crippen LogP contribution in [0, 0.1) is 0 Å². The van der Waals surface area contributed by atoms with Crippen molar-refractivity contribution in [1.29, 1.82) is 0 Å². The molecule has 0 aliphatic heterocycles. The lowest BCUT2D eigenvalue weighted by molar-refractivity contribution is 1.19. The van der Waals surface area contributed by atoms with Crippen LogP contribution in [-0.2, 0) is 0 Å². The van der Waals surface area contributed by atoms with Gasteiger partial charge in [0, 0.05) is 17.7 Å². The molecular weight excluding hydrogens is 258 g/mol. The average molecular weight is 267 g/mol. The van der Waals surface area contributed by atoms with Crippen molar-refractivity contribution in [3.05, 3.63) is 48.7 Å². The Morgan fingerprint density at radius 3 is 2.84 bits per heavy atom. The summed E-state index contributed by atoms with van der Waals surface area (Å²) in [5.41, 5.74) is 2.02. The summed E-state index contributed by atoms with van der Waals surface area (Å²) in [7, 11) is 0.